The molecule has 3 aromatic rings. The maximum Gasteiger partial charge on any atom is 0.132 e. The lowest BCUT2D eigenvalue weighted by Crippen LogP contribution is -2.13. The van der Waals surface area contributed by atoms with Crippen LogP contribution in [-0.2, 0) is 4.79 Å². The van der Waals surface area contributed by atoms with Crippen LogP contribution in [0.15, 0.2) is 30.3 Å². The minimum atomic E-state index is 0.398. The van der Waals surface area contributed by atoms with Gasteiger partial charge in [-0.2, -0.15) is 0 Å². The Hall–Kier alpha value is -1.57. The van der Waals surface area contributed by atoms with Crippen LogP contribution in [0.4, 0.5) is 5.69 Å². The molecule has 2 heteroatoms. The number of carbonyl (C=O) groups is 1. The molecule has 4 rings (SSSR count). The van der Waals surface area contributed by atoms with Crippen LogP contribution in [0.1, 0.15) is 39.0 Å². The topological polar surface area (TPSA) is 20.3 Å². The second kappa shape index (κ2) is 6.74. The van der Waals surface area contributed by atoms with Crippen LogP contribution in [0.25, 0.3) is 10.8 Å². The third-order valence-electron chi connectivity index (χ3n) is 4.17. The second-order valence-electron chi connectivity index (χ2n) is 5.99. The molecular weight excluding hydrogens is 246 g/mol. The molecule has 1 saturated carbocycles. The van der Waals surface area contributed by atoms with E-state index in [4.69, 9.17) is 0 Å². The van der Waals surface area contributed by atoms with E-state index in [0.29, 0.717) is 11.7 Å². The van der Waals surface area contributed by atoms with E-state index >= 15 is 0 Å². The van der Waals surface area contributed by atoms with Gasteiger partial charge >= 0.3 is 0 Å². The maximum atomic E-state index is 10.8. The van der Waals surface area contributed by atoms with Crippen molar-refractivity contribution < 1.29 is 4.79 Å². The minimum absolute atomic E-state index is 0.398. The Balaban J connectivity index is 0.000000151. The first-order valence-corrected chi connectivity index (χ1v) is 7.58. The van der Waals surface area contributed by atoms with Crippen molar-refractivity contribution in [3.8, 4) is 0 Å². The van der Waals surface area contributed by atoms with Crippen LogP contribution in [0.2, 0.25) is 0 Å². The molecule has 0 aromatic heterocycles. The molecule has 0 amide bonds. The number of rotatable bonds is 2. The normalized spacial score (nSPS) is 15.8. The number of Topliss-reactive ketones (excluding diaryl/α,β-unsaturated/α-hetero) is 1. The largest absolute Gasteiger partial charge is 0.377 e. The lowest BCUT2D eigenvalue weighted by atomic mass is 9.87. The molecule has 1 fully saturated rings. The maximum absolute atomic E-state index is 10.8. The van der Waals surface area contributed by atoms with Gasteiger partial charge in [-0.1, -0.05) is 43.5 Å². The zero-order valence-electron chi connectivity index (χ0n) is 12.9. The Kier molecular flexibility index (Phi) is 4.99. The summed E-state index contributed by atoms with van der Waals surface area (Å²) in [7, 11) is 4.14. The Labute approximate surface area is 122 Å². The van der Waals surface area contributed by atoms with E-state index in [9.17, 15) is 4.79 Å². The molecule has 0 heterocycles. The minimum Gasteiger partial charge on any atom is -0.377 e. The van der Waals surface area contributed by atoms with Crippen LogP contribution in [-0.4, -0.2) is 19.9 Å². The van der Waals surface area contributed by atoms with E-state index in [2.05, 4.69) is 49.3 Å². The molecule has 0 radical (unpaired) electrons. The van der Waals surface area contributed by atoms with Gasteiger partial charge < -0.3 is 4.90 Å². The smallest absolute Gasteiger partial charge is 0.132 e. The summed E-state index contributed by atoms with van der Waals surface area (Å²) in [6, 6.07) is 10.8. The van der Waals surface area contributed by atoms with Gasteiger partial charge in [0.2, 0.25) is 0 Å². The highest BCUT2D eigenvalue weighted by Gasteiger charge is 2.16. The predicted octanol–water partition coefficient (Wildman–Crippen LogP) is 4.50. The van der Waals surface area contributed by atoms with E-state index in [1.54, 1.807) is 6.92 Å². The SMILES string of the molecule is CC(=O)C1CCCCC1.CN(C)c1cc2ccc1cc2. The van der Waals surface area contributed by atoms with E-state index < -0.39 is 0 Å². The second-order valence-corrected chi connectivity index (χ2v) is 5.99. The van der Waals surface area contributed by atoms with Crippen LogP contribution in [0.5, 0.6) is 0 Å². The Bertz CT molecular complexity index is 520. The van der Waals surface area contributed by atoms with Crippen molar-refractivity contribution in [1.29, 1.82) is 0 Å². The van der Waals surface area contributed by atoms with Crippen molar-refractivity contribution in [3.63, 3.8) is 0 Å². The summed E-state index contributed by atoms with van der Waals surface area (Å²) in [6.07, 6.45) is 6.17. The Morgan fingerprint density at radius 2 is 1.65 bits per heavy atom. The summed E-state index contributed by atoms with van der Waals surface area (Å²) in [5, 5.41) is 2.61. The summed E-state index contributed by atoms with van der Waals surface area (Å²) < 4.78 is 0. The number of anilines is 1. The summed E-state index contributed by atoms with van der Waals surface area (Å²) in [4.78, 5) is 12.9. The lowest BCUT2D eigenvalue weighted by Gasteiger charge is -2.17. The number of ketones is 1. The van der Waals surface area contributed by atoms with Crippen molar-refractivity contribution in [1.82, 2.24) is 0 Å². The fraction of sp³-hybridized carbons (Fsp3) is 0.500. The lowest BCUT2D eigenvalue weighted by molar-refractivity contribution is -0.121. The van der Waals surface area contributed by atoms with Gasteiger partial charge in [0.15, 0.2) is 0 Å². The third kappa shape index (κ3) is 3.72. The van der Waals surface area contributed by atoms with Crippen molar-refractivity contribution in [3.05, 3.63) is 30.3 Å². The highest BCUT2D eigenvalue weighted by atomic mass is 16.1. The molecule has 108 valence electrons. The van der Waals surface area contributed by atoms with Gasteiger partial charge in [-0.3, -0.25) is 4.79 Å². The first kappa shape index (κ1) is 14.8. The zero-order chi connectivity index (χ0) is 14.5. The van der Waals surface area contributed by atoms with Gasteiger partial charge in [0.25, 0.3) is 0 Å². The zero-order valence-corrected chi connectivity index (χ0v) is 12.9. The van der Waals surface area contributed by atoms with Gasteiger partial charge in [-0.05, 0) is 36.6 Å². The van der Waals surface area contributed by atoms with E-state index in [-0.39, 0.29) is 0 Å². The van der Waals surface area contributed by atoms with Crippen LogP contribution < -0.4 is 4.90 Å². The Morgan fingerprint density at radius 1 is 1.05 bits per heavy atom. The van der Waals surface area contributed by atoms with E-state index in [0.717, 1.165) is 12.8 Å². The van der Waals surface area contributed by atoms with Crippen molar-refractivity contribution >= 4 is 22.2 Å². The fourth-order valence-corrected chi connectivity index (χ4v) is 2.89. The highest BCUT2D eigenvalue weighted by Crippen LogP contribution is 2.25. The van der Waals surface area contributed by atoms with Crippen LogP contribution in [0, 0.1) is 5.92 Å². The highest BCUT2D eigenvalue weighted by molar-refractivity contribution is 5.85. The molecule has 0 atom stereocenters. The molecule has 3 aromatic carbocycles. The summed E-state index contributed by atoms with van der Waals surface area (Å²) in [5.74, 6) is 0.813. The third-order valence-corrected chi connectivity index (χ3v) is 4.17. The standard InChI is InChI=1S/C10H11N.C8H14O/c1-11(2)10-7-8-3-5-9(10)6-4-8;1-7(9)8-5-3-2-4-6-8/h3-7H,1-2H3;8H,2-6H2,1H3. The van der Waals surface area contributed by atoms with Gasteiger partial charge in [-0.25, -0.2) is 0 Å². The molecule has 0 spiro atoms. The molecule has 0 aliphatic heterocycles. The Morgan fingerprint density at radius 3 is 1.95 bits per heavy atom. The van der Waals surface area contributed by atoms with Gasteiger partial charge in [-0.15, -0.1) is 0 Å². The molecule has 2 nitrogen and oxygen atoms in total. The summed E-state index contributed by atoms with van der Waals surface area (Å²) in [5.41, 5.74) is 1.31. The van der Waals surface area contributed by atoms with Gasteiger partial charge in [0.05, 0.1) is 0 Å². The molecule has 1 aliphatic carbocycles. The molecule has 0 N–H and O–H groups in total. The van der Waals surface area contributed by atoms with Crippen LogP contribution in [0.3, 0.4) is 0 Å². The van der Waals surface area contributed by atoms with Crippen LogP contribution >= 0.6 is 0 Å². The first-order valence-electron chi connectivity index (χ1n) is 7.58. The molecule has 0 saturated heterocycles. The number of nitrogens with zero attached hydrogens (tertiary/aromatic N) is 1. The average Bonchev–Trinajstić information content (AvgIpc) is 2.50. The number of hydrogen-bond donors (Lipinski definition) is 0. The van der Waals surface area contributed by atoms with Crippen molar-refractivity contribution in [2.24, 2.45) is 5.92 Å². The van der Waals surface area contributed by atoms with Gasteiger partial charge in [0, 0.05) is 25.7 Å². The summed E-state index contributed by atoms with van der Waals surface area (Å²) in [6.45, 7) is 1.72. The number of hydrogen-bond acceptors (Lipinski definition) is 2. The van der Waals surface area contributed by atoms with Crippen molar-refractivity contribution in [2.45, 2.75) is 39.0 Å². The molecular formula is C18H25NO. The predicted molar refractivity (Wildman–Crippen MR) is 86.7 cm³/mol. The molecule has 20 heavy (non-hydrogen) atoms. The molecule has 1 aliphatic rings. The number of fused-ring (bicyclic) bond motifs is 3. The van der Waals surface area contributed by atoms with E-state index in [1.165, 1.54) is 35.7 Å². The molecule has 2 bridgehead atoms. The fourth-order valence-electron chi connectivity index (χ4n) is 2.89. The summed E-state index contributed by atoms with van der Waals surface area (Å²) >= 11 is 0. The quantitative estimate of drug-likeness (QED) is 0.801. The first-order chi connectivity index (χ1) is 9.58. The monoisotopic (exact) mass is 271 g/mol. The van der Waals surface area contributed by atoms with Gasteiger partial charge in [0.1, 0.15) is 5.78 Å². The van der Waals surface area contributed by atoms with E-state index in [1.807, 2.05) is 0 Å². The number of carbonyl (C=O) groups excluding carboxylic acids is 1. The average molecular weight is 271 g/mol. The van der Waals surface area contributed by atoms with Crippen molar-refractivity contribution in [2.75, 3.05) is 19.0 Å². The number of benzene rings is 3. The molecule has 0 unspecified atom stereocenters.